The highest BCUT2D eigenvalue weighted by atomic mass is 16.5. The average molecular weight is 387 g/mol. The molecule has 0 aromatic carbocycles. The van der Waals surface area contributed by atoms with Gasteiger partial charge in [-0.15, -0.1) is 0 Å². The Morgan fingerprint density at radius 3 is 2.64 bits per heavy atom. The van der Waals surface area contributed by atoms with E-state index in [2.05, 4.69) is 47.8 Å². The number of hydrogen-bond donors (Lipinski definition) is 0. The zero-order chi connectivity index (χ0) is 19.3. The molecule has 2 aromatic rings. The Morgan fingerprint density at radius 1 is 1.11 bits per heavy atom. The lowest BCUT2D eigenvalue weighted by atomic mass is 10.0. The number of rotatable bonds is 6. The fourth-order valence-corrected chi connectivity index (χ4v) is 3.95. The summed E-state index contributed by atoms with van der Waals surface area (Å²) in [5.41, 5.74) is 0. The Kier molecular flexibility index (Phi) is 6.01. The Balaban J connectivity index is 1.32. The molecule has 2 aromatic heterocycles. The molecule has 0 N–H and O–H groups in total. The van der Waals surface area contributed by atoms with Gasteiger partial charge in [-0.3, -0.25) is 4.90 Å². The number of hydrogen-bond acceptors (Lipinski definition) is 9. The van der Waals surface area contributed by atoms with Gasteiger partial charge in [-0.05, 0) is 18.8 Å². The summed E-state index contributed by atoms with van der Waals surface area (Å²) in [5.74, 6) is 4.03. The van der Waals surface area contributed by atoms with Crippen molar-refractivity contribution in [3.8, 4) is 0 Å². The van der Waals surface area contributed by atoms with E-state index < -0.39 is 0 Å². The van der Waals surface area contributed by atoms with Gasteiger partial charge in [-0.25, -0.2) is 9.97 Å². The monoisotopic (exact) mass is 387 g/mol. The molecule has 2 aliphatic heterocycles. The predicted molar refractivity (Wildman–Crippen MR) is 105 cm³/mol. The van der Waals surface area contributed by atoms with Crippen molar-refractivity contribution in [1.29, 1.82) is 0 Å². The molecule has 2 saturated heterocycles. The summed E-state index contributed by atoms with van der Waals surface area (Å²) < 4.78 is 10.3. The maximum atomic E-state index is 5.30. The van der Waals surface area contributed by atoms with E-state index >= 15 is 0 Å². The molecular weight excluding hydrogens is 358 g/mol. The third-order valence-corrected chi connectivity index (χ3v) is 5.46. The molecular formula is C19H29N7O2. The van der Waals surface area contributed by atoms with Crippen molar-refractivity contribution in [2.45, 2.75) is 32.9 Å². The van der Waals surface area contributed by atoms with Gasteiger partial charge in [0.15, 0.2) is 5.82 Å². The SMILES string of the molecule is COCc1noc(CN2CCN(c3cc(N4CCCC(C)C4)ncn3)CC2)n1. The second-order valence-electron chi connectivity index (χ2n) is 7.73. The van der Waals surface area contributed by atoms with Crippen LogP contribution in [0.4, 0.5) is 11.6 Å². The molecule has 2 aliphatic rings. The Labute approximate surface area is 165 Å². The Morgan fingerprint density at radius 2 is 1.89 bits per heavy atom. The molecule has 28 heavy (non-hydrogen) atoms. The van der Waals surface area contributed by atoms with E-state index in [1.54, 1.807) is 13.4 Å². The van der Waals surface area contributed by atoms with Gasteiger partial charge in [0.1, 0.15) is 24.6 Å². The van der Waals surface area contributed by atoms with Gasteiger partial charge in [0.25, 0.3) is 0 Å². The third-order valence-electron chi connectivity index (χ3n) is 5.46. The number of aromatic nitrogens is 4. The summed E-state index contributed by atoms with van der Waals surface area (Å²) in [5, 5.41) is 3.92. The van der Waals surface area contributed by atoms with Gasteiger partial charge < -0.3 is 19.1 Å². The van der Waals surface area contributed by atoms with E-state index in [1.165, 1.54) is 12.8 Å². The van der Waals surface area contributed by atoms with E-state index in [0.717, 1.165) is 56.8 Å². The first-order valence-corrected chi connectivity index (χ1v) is 10.1. The van der Waals surface area contributed by atoms with Crippen LogP contribution in [0.15, 0.2) is 16.9 Å². The molecule has 2 fully saturated rings. The lowest BCUT2D eigenvalue weighted by Crippen LogP contribution is -2.46. The van der Waals surface area contributed by atoms with Crippen LogP contribution in [0.5, 0.6) is 0 Å². The molecule has 4 heterocycles. The quantitative estimate of drug-likeness (QED) is 0.733. The number of ether oxygens (including phenoxy) is 1. The smallest absolute Gasteiger partial charge is 0.240 e. The molecule has 4 rings (SSSR count). The van der Waals surface area contributed by atoms with Crippen LogP contribution in [-0.2, 0) is 17.9 Å². The molecule has 0 radical (unpaired) electrons. The molecule has 0 aliphatic carbocycles. The van der Waals surface area contributed by atoms with Crippen LogP contribution in [0, 0.1) is 5.92 Å². The molecule has 1 unspecified atom stereocenters. The number of nitrogens with zero attached hydrogens (tertiary/aromatic N) is 7. The van der Waals surface area contributed by atoms with Gasteiger partial charge in [-0.2, -0.15) is 4.98 Å². The van der Waals surface area contributed by atoms with Crippen LogP contribution in [0.1, 0.15) is 31.5 Å². The first-order valence-electron chi connectivity index (χ1n) is 10.1. The Bertz CT molecular complexity index is 760. The van der Waals surface area contributed by atoms with E-state index in [9.17, 15) is 0 Å². The highest BCUT2D eigenvalue weighted by Gasteiger charge is 2.22. The fraction of sp³-hybridized carbons (Fsp3) is 0.684. The van der Waals surface area contributed by atoms with Crippen LogP contribution in [-0.4, -0.2) is 71.4 Å². The summed E-state index contributed by atoms with van der Waals surface area (Å²) in [6.07, 6.45) is 4.25. The van der Waals surface area contributed by atoms with Gasteiger partial charge >= 0.3 is 0 Å². The second-order valence-corrected chi connectivity index (χ2v) is 7.73. The number of piperazine rings is 1. The zero-order valence-corrected chi connectivity index (χ0v) is 16.8. The lowest BCUT2D eigenvalue weighted by Gasteiger charge is -2.35. The van der Waals surface area contributed by atoms with Crippen LogP contribution >= 0.6 is 0 Å². The number of anilines is 2. The van der Waals surface area contributed by atoms with Crippen molar-refractivity contribution in [3.05, 3.63) is 24.1 Å². The van der Waals surface area contributed by atoms with Gasteiger partial charge in [0, 0.05) is 52.4 Å². The summed E-state index contributed by atoms with van der Waals surface area (Å²) in [7, 11) is 1.62. The predicted octanol–water partition coefficient (Wildman–Crippen LogP) is 1.56. The van der Waals surface area contributed by atoms with E-state index in [4.69, 9.17) is 9.26 Å². The first-order chi connectivity index (χ1) is 13.7. The standard InChI is InChI=1S/C19H29N7O2/c1-15-4-3-5-26(11-15)18-10-17(20-14-21-18)25-8-6-24(7-9-25)12-19-22-16(13-27-2)23-28-19/h10,14-15H,3-9,11-13H2,1-2H3. The van der Waals surface area contributed by atoms with Gasteiger partial charge in [0.05, 0.1) is 6.54 Å². The van der Waals surface area contributed by atoms with Crippen molar-refractivity contribution >= 4 is 11.6 Å². The van der Waals surface area contributed by atoms with Gasteiger partial charge in [0.2, 0.25) is 5.89 Å². The van der Waals surface area contributed by atoms with E-state index in [-0.39, 0.29) is 0 Å². The summed E-state index contributed by atoms with van der Waals surface area (Å²) in [6, 6.07) is 2.14. The number of piperidine rings is 1. The van der Waals surface area contributed by atoms with Crippen molar-refractivity contribution in [2.75, 3.05) is 56.2 Å². The van der Waals surface area contributed by atoms with Gasteiger partial charge in [-0.1, -0.05) is 12.1 Å². The topological polar surface area (TPSA) is 83.7 Å². The summed E-state index contributed by atoms with van der Waals surface area (Å²) in [4.78, 5) is 20.5. The molecule has 0 amide bonds. The normalized spacial score (nSPS) is 21.3. The minimum Gasteiger partial charge on any atom is -0.377 e. The first kappa shape index (κ1) is 19.1. The van der Waals surface area contributed by atoms with Crippen molar-refractivity contribution < 1.29 is 9.26 Å². The van der Waals surface area contributed by atoms with Crippen LogP contribution < -0.4 is 9.80 Å². The van der Waals surface area contributed by atoms with Crippen molar-refractivity contribution in [3.63, 3.8) is 0 Å². The fourth-order valence-electron chi connectivity index (χ4n) is 3.95. The minimum absolute atomic E-state index is 0.378. The summed E-state index contributed by atoms with van der Waals surface area (Å²) >= 11 is 0. The molecule has 9 heteroatoms. The van der Waals surface area contributed by atoms with Crippen LogP contribution in [0.3, 0.4) is 0 Å². The molecule has 9 nitrogen and oxygen atoms in total. The van der Waals surface area contributed by atoms with E-state index in [1.807, 2.05) is 0 Å². The molecule has 1 atom stereocenters. The second kappa shape index (κ2) is 8.83. The largest absolute Gasteiger partial charge is 0.377 e. The minimum atomic E-state index is 0.378. The maximum Gasteiger partial charge on any atom is 0.240 e. The highest BCUT2D eigenvalue weighted by molar-refractivity contribution is 5.50. The molecule has 0 saturated carbocycles. The lowest BCUT2D eigenvalue weighted by molar-refractivity contribution is 0.174. The molecule has 0 bridgehead atoms. The number of methoxy groups -OCH3 is 1. The van der Waals surface area contributed by atoms with Crippen molar-refractivity contribution in [2.24, 2.45) is 5.92 Å². The van der Waals surface area contributed by atoms with Crippen LogP contribution in [0.25, 0.3) is 0 Å². The van der Waals surface area contributed by atoms with Crippen LogP contribution in [0.2, 0.25) is 0 Å². The maximum absolute atomic E-state index is 5.30. The third kappa shape index (κ3) is 4.59. The highest BCUT2D eigenvalue weighted by Crippen LogP contribution is 2.24. The molecule has 0 spiro atoms. The summed E-state index contributed by atoms with van der Waals surface area (Å²) in [6.45, 7) is 9.24. The average Bonchev–Trinajstić information content (AvgIpc) is 3.16. The van der Waals surface area contributed by atoms with Crippen molar-refractivity contribution in [1.82, 2.24) is 25.0 Å². The zero-order valence-electron chi connectivity index (χ0n) is 16.8. The van der Waals surface area contributed by atoms with E-state index in [0.29, 0.717) is 24.9 Å². The molecule has 152 valence electrons. The Hall–Kier alpha value is -2.26.